The Balaban J connectivity index is 1.78. The summed E-state index contributed by atoms with van der Waals surface area (Å²) in [7, 11) is 1.66. The van der Waals surface area contributed by atoms with Crippen LogP contribution < -0.4 is 4.74 Å². The number of ether oxygens (including phenoxy) is 1. The van der Waals surface area contributed by atoms with Gasteiger partial charge in [-0.25, -0.2) is 4.98 Å². The zero-order valence-electron chi connectivity index (χ0n) is 14.4. The van der Waals surface area contributed by atoms with Gasteiger partial charge in [0.25, 0.3) is 5.89 Å². The number of aromatic nitrogens is 1. The molecule has 132 valence electrons. The monoisotopic (exact) mass is 342 g/mol. The van der Waals surface area contributed by atoms with Crippen molar-refractivity contribution in [3.63, 3.8) is 0 Å². The second-order valence-electron chi connectivity index (χ2n) is 5.75. The van der Waals surface area contributed by atoms with Crippen molar-refractivity contribution in [2.24, 2.45) is 0 Å². The molecule has 0 saturated carbocycles. The van der Waals surface area contributed by atoms with Crippen LogP contribution >= 0.6 is 0 Å². The molecule has 0 fully saturated rings. The molecular weight excluding hydrogens is 320 g/mol. The Morgan fingerprint density at radius 3 is 2.72 bits per heavy atom. The lowest BCUT2D eigenvalue weighted by atomic mass is 10.2. The fraction of sp³-hybridized carbons (Fsp3) is 0.316. The molecule has 6 nitrogen and oxygen atoms in total. The molecule has 25 heavy (non-hydrogen) atoms. The van der Waals surface area contributed by atoms with E-state index >= 15 is 0 Å². The van der Waals surface area contributed by atoms with Gasteiger partial charge in [0.1, 0.15) is 11.5 Å². The molecule has 0 radical (unpaired) electrons. The minimum atomic E-state index is 0.0666. The van der Waals surface area contributed by atoms with Gasteiger partial charge in [0.2, 0.25) is 0 Å². The topological polar surface area (TPSA) is 71.9 Å². The molecule has 0 atom stereocenters. The Bertz CT molecular complexity index is 796. The number of methoxy groups -OCH3 is 1. The number of para-hydroxylation sites is 1. The summed E-state index contributed by atoms with van der Waals surface area (Å²) >= 11 is 0. The van der Waals surface area contributed by atoms with E-state index in [2.05, 4.69) is 9.88 Å². The lowest BCUT2D eigenvalue weighted by Gasteiger charge is -2.21. The second-order valence-corrected chi connectivity index (χ2v) is 5.75. The number of aliphatic hydroxyl groups excluding tert-OH is 1. The van der Waals surface area contributed by atoms with Crippen molar-refractivity contribution in [1.29, 1.82) is 0 Å². The Labute approximate surface area is 146 Å². The van der Waals surface area contributed by atoms with Crippen LogP contribution in [0.4, 0.5) is 0 Å². The molecule has 1 aromatic carbocycles. The minimum absolute atomic E-state index is 0.0666. The fourth-order valence-electron chi connectivity index (χ4n) is 2.72. The van der Waals surface area contributed by atoms with Gasteiger partial charge in [-0.2, -0.15) is 0 Å². The molecule has 2 heterocycles. The lowest BCUT2D eigenvalue weighted by Crippen LogP contribution is -2.26. The van der Waals surface area contributed by atoms with Gasteiger partial charge in [0.05, 0.1) is 25.7 Å². The maximum Gasteiger partial charge on any atom is 0.263 e. The van der Waals surface area contributed by atoms with E-state index in [4.69, 9.17) is 13.6 Å². The summed E-state index contributed by atoms with van der Waals surface area (Å²) < 4.78 is 16.5. The number of hydrogen-bond donors (Lipinski definition) is 1. The summed E-state index contributed by atoms with van der Waals surface area (Å²) in [6, 6.07) is 11.5. The Morgan fingerprint density at radius 2 is 2.00 bits per heavy atom. The smallest absolute Gasteiger partial charge is 0.263 e. The van der Waals surface area contributed by atoms with Crippen LogP contribution in [-0.2, 0) is 13.1 Å². The number of nitrogens with zero attached hydrogens (tertiary/aromatic N) is 2. The predicted molar refractivity (Wildman–Crippen MR) is 93.1 cm³/mol. The average molecular weight is 342 g/mol. The van der Waals surface area contributed by atoms with Crippen molar-refractivity contribution in [2.75, 3.05) is 20.3 Å². The van der Waals surface area contributed by atoms with Gasteiger partial charge in [-0.05, 0) is 25.1 Å². The number of aliphatic hydroxyl groups is 1. The molecule has 0 unspecified atom stereocenters. The van der Waals surface area contributed by atoms with Gasteiger partial charge in [-0.15, -0.1) is 0 Å². The normalized spacial score (nSPS) is 11.2. The average Bonchev–Trinajstić information content (AvgIpc) is 3.26. The molecule has 1 N–H and O–H groups in total. The molecule has 0 aliphatic carbocycles. The largest absolute Gasteiger partial charge is 0.496 e. The first-order valence-electron chi connectivity index (χ1n) is 8.16. The third-order valence-electron chi connectivity index (χ3n) is 4.00. The standard InChI is InChI=1S/C19H22N2O4/c1-14-16(20-19(25-14)18-8-5-11-24-18)13-21(9-10-22)12-15-6-3-4-7-17(15)23-2/h3-8,11,22H,9-10,12-13H2,1-2H3. The van der Waals surface area contributed by atoms with Crippen LogP contribution in [0.2, 0.25) is 0 Å². The zero-order valence-corrected chi connectivity index (χ0v) is 14.4. The minimum Gasteiger partial charge on any atom is -0.496 e. The van der Waals surface area contributed by atoms with Crippen molar-refractivity contribution in [3.05, 3.63) is 59.7 Å². The highest BCUT2D eigenvalue weighted by Crippen LogP contribution is 2.24. The number of furan rings is 1. The third-order valence-corrected chi connectivity index (χ3v) is 4.00. The molecular formula is C19H22N2O4. The number of rotatable bonds is 8. The predicted octanol–water partition coefficient (Wildman–Crippen LogP) is 3.25. The summed E-state index contributed by atoms with van der Waals surface area (Å²) in [5.74, 6) is 2.65. The van der Waals surface area contributed by atoms with E-state index in [-0.39, 0.29) is 6.61 Å². The summed E-state index contributed by atoms with van der Waals surface area (Å²) in [5, 5.41) is 9.41. The van der Waals surface area contributed by atoms with Crippen LogP contribution in [0.25, 0.3) is 11.7 Å². The number of aryl methyl sites for hydroxylation is 1. The molecule has 3 aromatic rings. The maximum atomic E-state index is 9.41. The highest BCUT2D eigenvalue weighted by Gasteiger charge is 2.17. The van der Waals surface area contributed by atoms with E-state index < -0.39 is 0 Å². The summed E-state index contributed by atoms with van der Waals surface area (Å²) in [6.07, 6.45) is 1.59. The van der Waals surface area contributed by atoms with E-state index in [1.165, 1.54) is 0 Å². The van der Waals surface area contributed by atoms with Gasteiger partial charge in [-0.1, -0.05) is 18.2 Å². The van der Waals surface area contributed by atoms with Crippen LogP contribution in [0.5, 0.6) is 5.75 Å². The van der Waals surface area contributed by atoms with Crippen LogP contribution in [0, 0.1) is 6.92 Å². The van der Waals surface area contributed by atoms with E-state index in [1.807, 2.05) is 37.3 Å². The summed E-state index contributed by atoms with van der Waals surface area (Å²) in [4.78, 5) is 6.65. The van der Waals surface area contributed by atoms with Crippen LogP contribution in [0.1, 0.15) is 17.0 Å². The van der Waals surface area contributed by atoms with Gasteiger partial charge in [0, 0.05) is 25.2 Å². The van der Waals surface area contributed by atoms with E-state index in [0.717, 1.165) is 22.8 Å². The Morgan fingerprint density at radius 1 is 1.16 bits per heavy atom. The number of oxazole rings is 1. The first-order chi connectivity index (χ1) is 12.2. The van der Waals surface area contributed by atoms with Gasteiger partial charge in [-0.3, -0.25) is 4.90 Å². The zero-order chi connectivity index (χ0) is 17.6. The molecule has 0 amide bonds. The van der Waals surface area contributed by atoms with Crippen molar-refractivity contribution < 1.29 is 18.7 Å². The first kappa shape index (κ1) is 17.3. The van der Waals surface area contributed by atoms with Gasteiger partial charge >= 0.3 is 0 Å². The number of hydrogen-bond acceptors (Lipinski definition) is 6. The lowest BCUT2D eigenvalue weighted by molar-refractivity contribution is 0.181. The van der Waals surface area contributed by atoms with Gasteiger partial charge in [0.15, 0.2) is 5.76 Å². The summed E-state index contributed by atoms with van der Waals surface area (Å²) in [5.41, 5.74) is 1.89. The molecule has 0 saturated heterocycles. The van der Waals surface area contributed by atoms with Crippen molar-refractivity contribution in [1.82, 2.24) is 9.88 Å². The molecule has 0 aliphatic rings. The maximum absolute atomic E-state index is 9.41. The Hall–Kier alpha value is -2.57. The van der Waals surface area contributed by atoms with Crippen molar-refractivity contribution in [3.8, 4) is 17.4 Å². The summed E-state index contributed by atoms with van der Waals surface area (Å²) in [6.45, 7) is 3.69. The SMILES string of the molecule is COc1ccccc1CN(CCO)Cc1nc(-c2ccco2)oc1C. The third kappa shape index (κ3) is 4.10. The first-order valence-corrected chi connectivity index (χ1v) is 8.16. The second kappa shape index (κ2) is 8.00. The quantitative estimate of drug-likeness (QED) is 0.677. The molecule has 3 rings (SSSR count). The molecule has 6 heteroatoms. The molecule has 0 aliphatic heterocycles. The van der Waals surface area contributed by atoms with E-state index in [0.29, 0.717) is 31.3 Å². The number of benzene rings is 1. The molecule has 0 spiro atoms. The van der Waals surface area contributed by atoms with E-state index in [1.54, 1.807) is 19.4 Å². The Kier molecular flexibility index (Phi) is 5.53. The van der Waals surface area contributed by atoms with Crippen LogP contribution in [-0.4, -0.2) is 35.3 Å². The fourth-order valence-corrected chi connectivity index (χ4v) is 2.72. The highest BCUT2D eigenvalue weighted by atomic mass is 16.5. The van der Waals surface area contributed by atoms with Crippen LogP contribution in [0.3, 0.4) is 0 Å². The van der Waals surface area contributed by atoms with E-state index in [9.17, 15) is 5.11 Å². The highest BCUT2D eigenvalue weighted by molar-refractivity contribution is 5.44. The molecule has 0 bridgehead atoms. The van der Waals surface area contributed by atoms with Crippen molar-refractivity contribution >= 4 is 0 Å². The van der Waals surface area contributed by atoms with Crippen LogP contribution in [0.15, 0.2) is 51.5 Å². The van der Waals surface area contributed by atoms with Crippen molar-refractivity contribution in [2.45, 2.75) is 20.0 Å². The van der Waals surface area contributed by atoms with Gasteiger partial charge < -0.3 is 18.7 Å². The molecule has 2 aromatic heterocycles.